The molecule has 0 aliphatic carbocycles. The maximum Gasteiger partial charge on any atom is 0.129 e. The van der Waals surface area contributed by atoms with Gasteiger partial charge in [0.05, 0.1) is 11.8 Å². The highest BCUT2D eigenvalue weighted by Crippen LogP contribution is 2.24. The van der Waals surface area contributed by atoms with Gasteiger partial charge in [0.2, 0.25) is 0 Å². The van der Waals surface area contributed by atoms with E-state index in [1.165, 1.54) is 0 Å². The number of halogens is 2. The molecule has 0 N–H and O–H groups in total. The van der Waals surface area contributed by atoms with E-state index in [-0.39, 0.29) is 0 Å². The SMILES string of the molecule is N#C[C@H](c1ccc(Cl)cc1)c1cccc(Cl)n1. The van der Waals surface area contributed by atoms with Crippen LogP contribution in [-0.2, 0) is 0 Å². The molecule has 0 radical (unpaired) electrons. The molecule has 0 fully saturated rings. The van der Waals surface area contributed by atoms with E-state index in [2.05, 4.69) is 11.1 Å². The highest BCUT2D eigenvalue weighted by atomic mass is 35.5. The van der Waals surface area contributed by atoms with Crippen LogP contribution in [0.25, 0.3) is 0 Å². The zero-order valence-electron chi connectivity index (χ0n) is 8.77. The molecule has 1 heterocycles. The van der Waals surface area contributed by atoms with Gasteiger partial charge in [0.1, 0.15) is 11.1 Å². The average Bonchev–Trinajstić information content (AvgIpc) is 2.33. The molecule has 84 valence electrons. The Hall–Kier alpha value is -1.56. The van der Waals surface area contributed by atoms with Gasteiger partial charge in [0.15, 0.2) is 0 Å². The Labute approximate surface area is 109 Å². The Bertz CT molecular complexity index is 558. The minimum Gasteiger partial charge on any atom is -0.239 e. The number of pyridine rings is 1. The van der Waals surface area contributed by atoms with Crippen LogP contribution >= 0.6 is 23.2 Å². The molecule has 0 spiro atoms. The summed E-state index contributed by atoms with van der Waals surface area (Å²) in [4.78, 5) is 4.15. The molecule has 0 saturated heterocycles. The molecule has 0 aliphatic rings. The predicted octanol–water partition coefficient (Wildman–Crippen LogP) is 4.04. The zero-order chi connectivity index (χ0) is 12.3. The highest BCUT2D eigenvalue weighted by Gasteiger charge is 2.14. The molecule has 1 atom stereocenters. The molecule has 2 aromatic rings. The van der Waals surface area contributed by atoms with Gasteiger partial charge in [0, 0.05) is 5.02 Å². The fourth-order valence-corrected chi connectivity index (χ4v) is 1.85. The molecule has 17 heavy (non-hydrogen) atoms. The second-order valence-corrected chi connectivity index (χ2v) is 4.32. The number of nitrogens with zero attached hydrogens (tertiary/aromatic N) is 2. The van der Waals surface area contributed by atoms with E-state index >= 15 is 0 Å². The van der Waals surface area contributed by atoms with E-state index in [9.17, 15) is 5.26 Å². The Morgan fingerprint density at radius 2 is 1.76 bits per heavy atom. The van der Waals surface area contributed by atoms with Crippen molar-refractivity contribution in [3.63, 3.8) is 0 Å². The summed E-state index contributed by atoms with van der Waals surface area (Å²) < 4.78 is 0. The van der Waals surface area contributed by atoms with Gasteiger partial charge >= 0.3 is 0 Å². The molecule has 1 aromatic carbocycles. The number of benzene rings is 1. The van der Waals surface area contributed by atoms with Crippen molar-refractivity contribution in [2.45, 2.75) is 5.92 Å². The van der Waals surface area contributed by atoms with Gasteiger partial charge in [-0.3, -0.25) is 0 Å². The van der Waals surface area contributed by atoms with Crippen molar-refractivity contribution < 1.29 is 0 Å². The largest absolute Gasteiger partial charge is 0.239 e. The minimum atomic E-state index is -0.425. The summed E-state index contributed by atoms with van der Waals surface area (Å²) in [5, 5.41) is 10.3. The van der Waals surface area contributed by atoms with E-state index < -0.39 is 5.92 Å². The topological polar surface area (TPSA) is 36.7 Å². The van der Waals surface area contributed by atoms with E-state index in [0.717, 1.165) is 5.56 Å². The molecule has 4 heteroatoms. The average molecular weight is 263 g/mol. The Kier molecular flexibility index (Phi) is 3.63. The second kappa shape index (κ2) is 5.18. The van der Waals surface area contributed by atoms with Crippen molar-refractivity contribution in [3.8, 4) is 6.07 Å². The van der Waals surface area contributed by atoms with Gasteiger partial charge < -0.3 is 0 Å². The lowest BCUT2D eigenvalue weighted by atomic mass is 9.97. The number of aromatic nitrogens is 1. The van der Waals surface area contributed by atoms with Crippen LogP contribution in [0, 0.1) is 11.3 Å². The summed E-state index contributed by atoms with van der Waals surface area (Å²) in [5.41, 5.74) is 1.49. The molecule has 0 aliphatic heterocycles. The normalized spacial score (nSPS) is 11.8. The summed E-state index contributed by atoms with van der Waals surface area (Å²) in [6.45, 7) is 0. The van der Waals surface area contributed by atoms with Crippen LogP contribution in [0.15, 0.2) is 42.5 Å². The first-order chi connectivity index (χ1) is 8.20. The number of rotatable bonds is 2. The van der Waals surface area contributed by atoms with Crippen molar-refractivity contribution in [2.75, 3.05) is 0 Å². The number of hydrogen-bond donors (Lipinski definition) is 0. The summed E-state index contributed by atoms with van der Waals surface area (Å²) in [7, 11) is 0. The third-order valence-corrected chi connectivity index (χ3v) is 2.83. The van der Waals surface area contributed by atoms with E-state index in [1.54, 1.807) is 30.3 Å². The van der Waals surface area contributed by atoms with Crippen molar-refractivity contribution >= 4 is 23.2 Å². The maximum absolute atomic E-state index is 9.23. The lowest BCUT2D eigenvalue weighted by Crippen LogP contribution is -2.00. The van der Waals surface area contributed by atoms with Crippen LogP contribution in [0.3, 0.4) is 0 Å². The first kappa shape index (κ1) is 11.9. The van der Waals surface area contributed by atoms with Crippen molar-refractivity contribution in [1.82, 2.24) is 4.98 Å². The molecule has 1 aromatic heterocycles. The van der Waals surface area contributed by atoms with Crippen molar-refractivity contribution in [2.24, 2.45) is 0 Å². The smallest absolute Gasteiger partial charge is 0.129 e. The molecule has 0 bridgehead atoms. The van der Waals surface area contributed by atoms with Gasteiger partial charge in [-0.15, -0.1) is 0 Å². The first-order valence-corrected chi connectivity index (χ1v) is 5.74. The summed E-state index contributed by atoms with van der Waals surface area (Å²) in [5.74, 6) is -0.425. The van der Waals surface area contributed by atoms with Crippen LogP contribution in [0.2, 0.25) is 10.2 Å². The Morgan fingerprint density at radius 3 is 2.35 bits per heavy atom. The minimum absolute atomic E-state index is 0.386. The molecule has 2 nitrogen and oxygen atoms in total. The fourth-order valence-electron chi connectivity index (χ4n) is 1.55. The monoisotopic (exact) mass is 262 g/mol. The van der Waals surface area contributed by atoms with E-state index in [4.69, 9.17) is 23.2 Å². The Balaban J connectivity index is 2.41. The third kappa shape index (κ3) is 2.76. The van der Waals surface area contributed by atoms with E-state index in [0.29, 0.717) is 15.9 Å². The molecule has 0 amide bonds. The standard InChI is InChI=1S/C13H8Cl2N2/c14-10-6-4-9(5-7-10)11(8-16)12-2-1-3-13(15)17-12/h1-7,11H/t11-/m1/s1. The van der Waals surface area contributed by atoms with Gasteiger partial charge in [0.25, 0.3) is 0 Å². The lowest BCUT2D eigenvalue weighted by molar-refractivity contribution is 0.966. The summed E-state index contributed by atoms with van der Waals surface area (Å²) in [6, 6.07) is 14.6. The molecule has 0 saturated carbocycles. The maximum atomic E-state index is 9.23. The molecular weight excluding hydrogens is 255 g/mol. The van der Waals surface area contributed by atoms with Gasteiger partial charge in [-0.25, -0.2) is 4.98 Å². The van der Waals surface area contributed by atoms with E-state index in [1.807, 2.05) is 12.1 Å². The Morgan fingerprint density at radius 1 is 1.06 bits per heavy atom. The number of nitriles is 1. The fraction of sp³-hybridized carbons (Fsp3) is 0.0769. The molecule has 0 unspecified atom stereocenters. The van der Waals surface area contributed by atoms with Crippen LogP contribution in [0.1, 0.15) is 17.2 Å². The van der Waals surface area contributed by atoms with Gasteiger partial charge in [-0.2, -0.15) is 5.26 Å². The summed E-state index contributed by atoms with van der Waals surface area (Å²) >= 11 is 11.6. The third-order valence-electron chi connectivity index (χ3n) is 2.36. The van der Waals surface area contributed by atoms with Gasteiger partial charge in [-0.1, -0.05) is 41.4 Å². The quantitative estimate of drug-likeness (QED) is 0.766. The van der Waals surface area contributed by atoms with Crippen LogP contribution in [0.5, 0.6) is 0 Å². The van der Waals surface area contributed by atoms with Crippen LogP contribution in [0.4, 0.5) is 0 Å². The first-order valence-electron chi connectivity index (χ1n) is 4.98. The summed E-state index contributed by atoms with van der Waals surface area (Å²) in [6.07, 6.45) is 0. The molecule has 2 rings (SSSR count). The number of hydrogen-bond acceptors (Lipinski definition) is 2. The van der Waals surface area contributed by atoms with Crippen molar-refractivity contribution in [1.29, 1.82) is 5.26 Å². The zero-order valence-corrected chi connectivity index (χ0v) is 10.3. The van der Waals surface area contributed by atoms with Crippen LogP contribution < -0.4 is 0 Å². The second-order valence-electron chi connectivity index (χ2n) is 3.50. The lowest BCUT2D eigenvalue weighted by Gasteiger charge is -2.09. The predicted molar refractivity (Wildman–Crippen MR) is 68.2 cm³/mol. The van der Waals surface area contributed by atoms with Gasteiger partial charge in [-0.05, 0) is 29.8 Å². The van der Waals surface area contributed by atoms with Crippen molar-refractivity contribution in [3.05, 3.63) is 63.9 Å². The highest BCUT2D eigenvalue weighted by molar-refractivity contribution is 6.30. The molecular formula is C13H8Cl2N2. The van der Waals surface area contributed by atoms with Crippen LogP contribution in [-0.4, -0.2) is 4.98 Å².